The second-order valence-electron chi connectivity index (χ2n) is 16.9. The van der Waals surface area contributed by atoms with E-state index >= 15 is 0 Å². The monoisotopic (exact) mass is 638 g/mol. The van der Waals surface area contributed by atoms with Gasteiger partial charge >= 0.3 is 11.9 Å². The summed E-state index contributed by atoms with van der Waals surface area (Å²) in [5.41, 5.74) is 5.33. The Balaban J connectivity index is 1.74. The molecule has 0 fully saturated rings. The normalized spacial score (nSPS) is 12.7. The number of benzene rings is 2. The summed E-state index contributed by atoms with van der Waals surface area (Å²) in [6.45, 7) is 25.9. The van der Waals surface area contributed by atoms with E-state index in [1.807, 2.05) is 12.1 Å². The zero-order chi connectivity index (χ0) is 35.1. The molecule has 0 aliphatic heterocycles. The summed E-state index contributed by atoms with van der Waals surface area (Å²) in [5, 5.41) is 21.3. The van der Waals surface area contributed by atoms with E-state index in [1.165, 1.54) is 0 Å². The predicted molar refractivity (Wildman–Crippen MR) is 188 cm³/mol. The molecule has 0 radical (unpaired) electrons. The van der Waals surface area contributed by atoms with Crippen LogP contribution in [-0.2, 0) is 53.6 Å². The van der Waals surface area contributed by atoms with Gasteiger partial charge in [0.25, 0.3) is 0 Å². The van der Waals surface area contributed by atoms with Gasteiger partial charge in [-0.25, -0.2) is 0 Å². The molecule has 0 aliphatic rings. The number of carbonyl (C=O) groups is 2. The van der Waals surface area contributed by atoms with Crippen LogP contribution in [0, 0.1) is 0 Å². The number of hydrogen-bond acceptors (Lipinski definition) is 6. The lowest BCUT2D eigenvalue weighted by atomic mass is 9.78. The maximum atomic E-state index is 12.5. The zero-order valence-corrected chi connectivity index (χ0v) is 30.9. The highest BCUT2D eigenvalue weighted by Gasteiger charge is 2.26. The van der Waals surface area contributed by atoms with Gasteiger partial charge < -0.3 is 19.7 Å². The zero-order valence-electron chi connectivity index (χ0n) is 30.9. The second kappa shape index (κ2) is 15.7. The van der Waals surface area contributed by atoms with Gasteiger partial charge in [0, 0.05) is 12.8 Å². The Bertz CT molecular complexity index is 1220. The average molecular weight is 639 g/mol. The number of phenols is 2. The van der Waals surface area contributed by atoms with Crippen LogP contribution in [0.3, 0.4) is 0 Å². The van der Waals surface area contributed by atoms with E-state index in [0.717, 1.165) is 59.1 Å². The molecule has 0 atom stereocenters. The molecule has 258 valence electrons. The molecule has 2 aromatic carbocycles. The van der Waals surface area contributed by atoms with Crippen molar-refractivity contribution in [3.8, 4) is 11.5 Å². The summed E-state index contributed by atoms with van der Waals surface area (Å²) >= 11 is 0. The number of aryl methyl sites for hydroxylation is 2. The topological polar surface area (TPSA) is 93.1 Å². The minimum absolute atomic E-state index is 0.153. The summed E-state index contributed by atoms with van der Waals surface area (Å²) in [5.74, 6) is 0.183. The lowest BCUT2D eigenvalue weighted by Gasteiger charge is -2.28. The Morgan fingerprint density at radius 2 is 0.804 bits per heavy atom. The second-order valence-corrected chi connectivity index (χ2v) is 16.9. The van der Waals surface area contributed by atoms with Crippen molar-refractivity contribution >= 4 is 11.9 Å². The van der Waals surface area contributed by atoms with Gasteiger partial charge in [-0.1, -0.05) is 95.2 Å². The molecule has 0 amide bonds. The molecule has 6 nitrogen and oxygen atoms in total. The average Bonchev–Trinajstić information content (AvgIpc) is 2.90. The maximum absolute atomic E-state index is 12.5. The van der Waals surface area contributed by atoms with E-state index in [-0.39, 0.29) is 33.6 Å². The van der Waals surface area contributed by atoms with E-state index in [9.17, 15) is 19.8 Å². The molecule has 0 saturated carbocycles. The molecular weight excluding hydrogens is 576 g/mol. The van der Waals surface area contributed by atoms with Gasteiger partial charge in [-0.2, -0.15) is 0 Å². The maximum Gasteiger partial charge on any atom is 0.306 e. The molecule has 6 heteroatoms. The largest absolute Gasteiger partial charge is 0.508 e. The third kappa shape index (κ3) is 12.0. The number of carbonyl (C=O) groups excluding carboxylic acids is 2. The Morgan fingerprint density at radius 1 is 0.500 bits per heavy atom. The van der Waals surface area contributed by atoms with Crippen LogP contribution in [0.4, 0.5) is 0 Å². The van der Waals surface area contributed by atoms with Crippen LogP contribution in [0.15, 0.2) is 24.3 Å². The third-order valence-corrected chi connectivity index (χ3v) is 8.44. The van der Waals surface area contributed by atoms with Gasteiger partial charge in [-0.3, -0.25) is 9.59 Å². The minimum Gasteiger partial charge on any atom is -0.508 e. The highest BCUT2D eigenvalue weighted by molar-refractivity contribution is 5.70. The van der Waals surface area contributed by atoms with Gasteiger partial charge in [0.05, 0.1) is 13.2 Å². The molecule has 0 aromatic heterocycles. The quantitative estimate of drug-likeness (QED) is 0.168. The van der Waals surface area contributed by atoms with Crippen molar-refractivity contribution in [2.24, 2.45) is 0 Å². The van der Waals surface area contributed by atoms with Crippen LogP contribution in [0.1, 0.15) is 155 Å². The Kier molecular flexibility index (Phi) is 13.4. The fourth-order valence-corrected chi connectivity index (χ4v) is 5.83. The predicted octanol–water partition coefficient (Wildman–Crippen LogP) is 9.50. The first kappa shape index (κ1) is 39.2. The lowest BCUT2D eigenvalue weighted by Crippen LogP contribution is -2.19. The van der Waals surface area contributed by atoms with Gasteiger partial charge in [-0.15, -0.1) is 0 Å². The third-order valence-electron chi connectivity index (χ3n) is 8.44. The number of phenolic OH excluding ortho intramolecular Hbond substituents is 2. The summed E-state index contributed by atoms with van der Waals surface area (Å²) in [4.78, 5) is 25.0. The van der Waals surface area contributed by atoms with Crippen LogP contribution in [0.25, 0.3) is 0 Å². The van der Waals surface area contributed by atoms with Crippen LogP contribution in [0.2, 0.25) is 0 Å². The van der Waals surface area contributed by atoms with E-state index in [4.69, 9.17) is 9.47 Å². The Morgan fingerprint density at radius 3 is 1.09 bits per heavy atom. The fourth-order valence-electron chi connectivity index (χ4n) is 5.83. The number of unbranched alkanes of at least 4 members (excludes halogenated alkanes) is 3. The molecule has 0 aliphatic carbocycles. The highest BCUT2D eigenvalue weighted by Crippen LogP contribution is 2.39. The number of rotatable bonds is 13. The van der Waals surface area contributed by atoms with Crippen LogP contribution >= 0.6 is 0 Å². The first-order valence-electron chi connectivity index (χ1n) is 17.1. The summed E-state index contributed by atoms with van der Waals surface area (Å²) < 4.78 is 11.0. The summed E-state index contributed by atoms with van der Waals surface area (Å²) in [6, 6.07) is 7.82. The first-order chi connectivity index (χ1) is 21.0. The minimum atomic E-state index is -0.211. The summed E-state index contributed by atoms with van der Waals surface area (Å²) in [6.07, 6.45) is 5.07. The molecule has 0 saturated heterocycles. The number of esters is 2. The molecule has 2 N–H and O–H groups in total. The van der Waals surface area contributed by atoms with Gasteiger partial charge in [-0.05, 0) is 106 Å². The van der Waals surface area contributed by atoms with Crippen LogP contribution < -0.4 is 0 Å². The van der Waals surface area contributed by atoms with E-state index in [1.54, 1.807) is 0 Å². The Hall–Kier alpha value is -3.02. The molecule has 0 spiro atoms. The molecule has 0 heterocycles. The van der Waals surface area contributed by atoms with Crippen molar-refractivity contribution in [3.63, 3.8) is 0 Å². The molecule has 0 bridgehead atoms. The van der Waals surface area contributed by atoms with Crippen molar-refractivity contribution in [2.45, 2.75) is 156 Å². The number of hydrogen-bond donors (Lipinski definition) is 2. The molecular formula is C40H62O6. The summed E-state index contributed by atoms with van der Waals surface area (Å²) in [7, 11) is 0. The Labute approximate surface area is 279 Å². The standard InChI is InChI=1S/C40H62O6/c1-37(2,3)29-25-33(41)31(39(7,8)9)23-27(29)17-19-35(43)45-21-15-13-14-16-22-46-36(44)20-18-28-24-32(40(10,11)12)34(42)26-30(28)38(4,5)6/h23-26,41-42H,13-22H2,1-12H3. The van der Waals surface area contributed by atoms with E-state index in [0.29, 0.717) is 50.4 Å². The fraction of sp³-hybridized carbons (Fsp3) is 0.650. The number of aromatic hydroxyl groups is 2. The van der Waals surface area contributed by atoms with Gasteiger partial charge in [0.2, 0.25) is 0 Å². The lowest BCUT2D eigenvalue weighted by molar-refractivity contribution is -0.145. The van der Waals surface area contributed by atoms with Gasteiger partial charge in [0.1, 0.15) is 11.5 Å². The van der Waals surface area contributed by atoms with Crippen molar-refractivity contribution in [3.05, 3.63) is 57.6 Å². The van der Waals surface area contributed by atoms with Crippen molar-refractivity contribution in [1.29, 1.82) is 0 Å². The van der Waals surface area contributed by atoms with Crippen LogP contribution in [-0.4, -0.2) is 35.4 Å². The van der Waals surface area contributed by atoms with Crippen molar-refractivity contribution in [2.75, 3.05) is 13.2 Å². The highest BCUT2D eigenvalue weighted by atomic mass is 16.5. The first-order valence-corrected chi connectivity index (χ1v) is 17.1. The SMILES string of the molecule is CC(C)(C)c1cc(CCC(=O)OCCCCCCOC(=O)CCc2cc(C(C)(C)C)c(O)cc2C(C)(C)C)c(C(C)(C)C)cc1O. The molecule has 2 aromatic rings. The molecule has 0 unspecified atom stereocenters. The molecule has 46 heavy (non-hydrogen) atoms. The van der Waals surface area contributed by atoms with E-state index < -0.39 is 0 Å². The van der Waals surface area contributed by atoms with Gasteiger partial charge in [0.15, 0.2) is 0 Å². The smallest absolute Gasteiger partial charge is 0.306 e. The number of ether oxygens (including phenoxy) is 2. The van der Waals surface area contributed by atoms with Crippen molar-refractivity contribution in [1.82, 2.24) is 0 Å². The van der Waals surface area contributed by atoms with Crippen molar-refractivity contribution < 1.29 is 29.3 Å². The van der Waals surface area contributed by atoms with E-state index in [2.05, 4.69) is 95.2 Å². The van der Waals surface area contributed by atoms with Crippen LogP contribution in [0.5, 0.6) is 11.5 Å². The molecule has 2 rings (SSSR count).